The van der Waals surface area contributed by atoms with Gasteiger partial charge < -0.3 is 9.64 Å². The van der Waals surface area contributed by atoms with Crippen molar-refractivity contribution in [3.63, 3.8) is 0 Å². The van der Waals surface area contributed by atoms with Crippen LogP contribution in [0.2, 0.25) is 0 Å². The minimum Gasteiger partial charge on any atom is -0.466 e. The molecule has 1 unspecified atom stereocenters. The number of ether oxygens (including phenoxy) is 1. The Kier molecular flexibility index (Phi) is 5.24. The first-order valence-corrected chi connectivity index (χ1v) is 5.88. The predicted octanol–water partition coefficient (Wildman–Crippen LogP) is 2.21. The lowest BCUT2D eigenvalue weighted by atomic mass is 9.97. The standard InChI is InChI=1S/C11H18F3NO2/c1-2-17-10(16)5-7-15-6-3-4-9(8-15)11(12,13)14/h9H,2-8H2,1H3. The van der Waals surface area contributed by atoms with Crippen LogP contribution in [-0.2, 0) is 9.53 Å². The third-order valence-corrected chi connectivity index (χ3v) is 2.91. The highest BCUT2D eigenvalue weighted by molar-refractivity contribution is 5.69. The maximum absolute atomic E-state index is 12.5. The molecule has 1 rings (SSSR count). The van der Waals surface area contributed by atoms with Gasteiger partial charge in [0, 0.05) is 13.1 Å². The van der Waals surface area contributed by atoms with Gasteiger partial charge in [0.15, 0.2) is 0 Å². The molecule has 1 heterocycles. The highest BCUT2D eigenvalue weighted by Crippen LogP contribution is 2.32. The first kappa shape index (κ1) is 14.3. The summed E-state index contributed by atoms with van der Waals surface area (Å²) in [7, 11) is 0. The molecule has 1 atom stereocenters. The molecule has 0 saturated carbocycles. The van der Waals surface area contributed by atoms with Crippen molar-refractivity contribution in [2.75, 3.05) is 26.2 Å². The molecule has 17 heavy (non-hydrogen) atoms. The molecule has 0 aliphatic carbocycles. The lowest BCUT2D eigenvalue weighted by Gasteiger charge is -2.33. The molecule has 3 nitrogen and oxygen atoms in total. The van der Waals surface area contributed by atoms with Gasteiger partial charge in [0.1, 0.15) is 0 Å². The van der Waals surface area contributed by atoms with Crippen molar-refractivity contribution < 1.29 is 22.7 Å². The molecule has 0 aromatic rings. The summed E-state index contributed by atoms with van der Waals surface area (Å²) in [4.78, 5) is 12.8. The summed E-state index contributed by atoms with van der Waals surface area (Å²) in [5.74, 6) is -1.60. The maximum atomic E-state index is 12.5. The van der Waals surface area contributed by atoms with Crippen molar-refractivity contribution in [1.29, 1.82) is 0 Å². The van der Waals surface area contributed by atoms with Gasteiger partial charge in [-0.2, -0.15) is 13.2 Å². The first-order chi connectivity index (χ1) is 7.93. The second-order valence-electron chi connectivity index (χ2n) is 4.24. The van der Waals surface area contributed by atoms with Gasteiger partial charge in [-0.25, -0.2) is 0 Å². The number of hydrogen-bond acceptors (Lipinski definition) is 3. The largest absolute Gasteiger partial charge is 0.466 e. The Morgan fingerprint density at radius 3 is 2.76 bits per heavy atom. The van der Waals surface area contributed by atoms with E-state index in [9.17, 15) is 18.0 Å². The molecule has 0 aromatic carbocycles. The Balaban J connectivity index is 2.32. The maximum Gasteiger partial charge on any atom is 0.393 e. The van der Waals surface area contributed by atoms with Crippen LogP contribution in [0.15, 0.2) is 0 Å². The summed E-state index contributed by atoms with van der Waals surface area (Å²) in [5, 5.41) is 0. The number of carbonyl (C=O) groups excluding carboxylic acids is 1. The molecule has 1 saturated heterocycles. The SMILES string of the molecule is CCOC(=O)CCN1CCCC(C(F)(F)F)C1. The molecule has 1 fully saturated rings. The summed E-state index contributed by atoms with van der Waals surface area (Å²) < 4.78 is 42.3. The van der Waals surface area contributed by atoms with Crippen LogP contribution in [0, 0.1) is 5.92 Å². The zero-order valence-corrected chi connectivity index (χ0v) is 9.92. The van der Waals surface area contributed by atoms with Crippen molar-refractivity contribution in [1.82, 2.24) is 4.90 Å². The van der Waals surface area contributed by atoms with Gasteiger partial charge in [0.25, 0.3) is 0 Å². The number of likely N-dealkylation sites (tertiary alicyclic amines) is 1. The van der Waals surface area contributed by atoms with E-state index in [4.69, 9.17) is 4.74 Å². The quantitative estimate of drug-likeness (QED) is 0.719. The van der Waals surface area contributed by atoms with Crippen molar-refractivity contribution >= 4 is 5.97 Å². The Labute approximate surface area is 98.9 Å². The van der Waals surface area contributed by atoms with E-state index in [1.165, 1.54) is 0 Å². The zero-order chi connectivity index (χ0) is 12.9. The smallest absolute Gasteiger partial charge is 0.393 e. The van der Waals surface area contributed by atoms with Gasteiger partial charge in [-0.15, -0.1) is 0 Å². The van der Waals surface area contributed by atoms with E-state index >= 15 is 0 Å². The number of esters is 1. The van der Waals surface area contributed by atoms with Gasteiger partial charge in [-0.1, -0.05) is 0 Å². The zero-order valence-electron chi connectivity index (χ0n) is 9.92. The molecule has 100 valence electrons. The van der Waals surface area contributed by atoms with Crippen molar-refractivity contribution in [2.45, 2.75) is 32.4 Å². The fourth-order valence-electron chi connectivity index (χ4n) is 2.01. The Bertz CT molecular complexity index is 256. The van der Waals surface area contributed by atoms with E-state index in [0.29, 0.717) is 26.1 Å². The van der Waals surface area contributed by atoms with Crippen LogP contribution < -0.4 is 0 Å². The fourth-order valence-corrected chi connectivity index (χ4v) is 2.01. The van der Waals surface area contributed by atoms with Gasteiger partial charge in [0.2, 0.25) is 0 Å². The number of carbonyl (C=O) groups is 1. The first-order valence-electron chi connectivity index (χ1n) is 5.88. The summed E-state index contributed by atoms with van der Waals surface area (Å²) >= 11 is 0. The van der Waals surface area contributed by atoms with E-state index in [-0.39, 0.29) is 25.4 Å². The van der Waals surface area contributed by atoms with Crippen LogP contribution in [0.5, 0.6) is 0 Å². The number of halogens is 3. The highest BCUT2D eigenvalue weighted by atomic mass is 19.4. The van der Waals surface area contributed by atoms with Crippen LogP contribution in [-0.4, -0.2) is 43.3 Å². The number of alkyl halides is 3. The topological polar surface area (TPSA) is 29.5 Å². The van der Waals surface area contributed by atoms with Gasteiger partial charge in [-0.05, 0) is 26.3 Å². The lowest BCUT2D eigenvalue weighted by molar-refractivity contribution is -0.186. The fraction of sp³-hybridized carbons (Fsp3) is 0.909. The molecule has 0 radical (unpaired) electrons. The molecular formula is C11H18F3NO2. The summed E-state index contributed by atoms with van der Waals surface area (Å²) in [6, 6.07) is 0. The molecule has 1 aliphatic rings. The normalized spacial score (nSPS) is 22.5. The van der Waals surface area contributed by atoms with Crippen molar-refractivity contribution in [3.05, 3.63) is 0 Å². The molecule has 0 amide bonds. The molecule has 1 aliphatic heterocycles. The van der Waals surface area contributed by atoms with E-state index in [0.717, 1.165) is 0 Å². The minimum atomic E-state index is -4.12. The average Bonchev–Trinajstić information content (AvgIpc) is 2.26. The Hall–Kier alpha value is -0.780. The second kappa shape index (κ2) is 6.23. The average molecular weight is 253 g/mol. The van der Waals surface area contributed by atoms with E-state index in [1.54, 1.807) is 11.8 Å². The Morgan fingerprint density at radius 2 is 2.18 bits per heavy atom. The van der Waals surface area contributed by atoms with Crippen molar-refractivity contribution in [2.24, 2.45) is 5.92 Å². The second-order valence-corrected chi connectivity index (χ2v) is 4.24. The summed E-state index contributed by atoms with van der Waals surface area (Å²) in [6.07, 6.45) is -3.23. The third kappa shape index (κ3) is 4.93. The number of nitrogens with zero attached hydrogens (tertiary/aromatic N) is 1. The van der Waals surface area contributed by atoms with Crippen LogP contribution >= 0.6 is 0 Å². The molecule has 0 bridgehead atoms. The number of hydrogen-bond donors (Lipinski definition) is 0. The van der Waals surface area contributed by atoms with Crippen LogP contribution in [0.25, 0.3) is 0 Å². The predicted molar refractivity (Wildman–Crippen MR) is 56.5 cm³/mol. The number of rotatable bonds is 4. The minimum absolute atomic E-state index is 0.00288. The molecule has 0 aromatic heterocycles. The molecule has 0 N–H and O–H groups in total. The van der Waals surface area contributed by atoms with Crippen LogP contribution in [0.3, 0.4) is 0 Å². The van der Waals surface area contributed by atoms with Gasteiger partial charge >= 0.3 is 12.1 Å². The third-order valence-electron chi connectivity index (χ3n) is 2.91. The monoisotopic (exact) mass is 253 g/mol. The molecule has 6 heteroatoms. The van der Waals surface area contributed by atoms with E-state index in [1.807, 2.05) is 0 Å². The van der Waals surface area contributed by atoms with Gasteiger partial charge in [-0.3, -0.25) is 4.79 Å². The summed E-state index contributed by atoms with van der Waals surface area (Å²) in [6.45, 7) is 3.00. The van der Waals surface area contributed by atoms with E-state index < -0.39 is 12.1 Å². The summed E-state index contributed by atoms with van der Waals surface area (Å²) in [5.41, 5.74) is 0. The number of piperidine rings is 1. The highest BCUT2D eigenvalue weighted by Gasteiger charge is 2.41. The van der Waals surface area contributed by atoms with Gasteiger partial charge in [0.05, 0.1) is 18.9 Å². The van der Waals surface area contributed by atoms with E-state index in [2.05, 4.69) is 0 Å². The molecular weight excluding hydrogens is 235 g/mol. The van der Waals surface area contributed by atoms with Crippen molar-refractivity contribution in [3.8, 4) is 0 Å². The Morgan fingerprint density at radius 1 is 1.47 bits per heavy atom. The van der Waals surface area contributed by atoms with Crippen LogP contribution in [0.1, 0.15) is 26.2 Å². The molecule has 0 spiro atoms. The van der Waals surface area contributed by atoms with Crippen LogP contribution in [0.4, 0.5) is 13.2 Å². The lowest BCUT2D eigenvalue weighted by Crippen LogP contribution is -2.42.